The van der Waals surface area contributed by atoms with Crippen molar-refractivity contribution in [2.75, 3.05) is 19.5 Å². The van der Waals surface area contributed by atoms with Gasteiger partial charge in [0.1, 0.15) is 10.8 Å². The number of nitrogens with one attached hydrogen (secondary N) is 1. The Labute approximate surface area is 127 Å². The molecule has 1 heterocycles. The number of hydrogen-bond donors (Lipinski definition) is 1. The summed E-state index contributed by atoms with van der Waals surface area (Å²) in [7, 11) is 3.50. The summed E-state index contributed by atoms with van der Waals surface area (Å²) in [5, 5.41) is 4.95. The second kappa shape index (κ2) is 6.01. The highest BCUT2D eigenvalue weighted by Crippen LogP contribution is 2.37. The smallest absolute Gasteiger partial charge is 0.224 e. The number of ether oxygens (including phenoxy) is 1. The minimum Gasteiger partial charge on any atom is -0.496 e. The van der Waals surface area contributed by atoms with Gasteiger partial charge < -0.3 is 10.1 Å². The van der Waals surface area contributed by atoms with E-state index in [0.29, 0.717) is 5.95 Å². The molecule has 0 saturated carbocycles. The van der Waals surface area contributed by atoms with E-state index in [-0.39, 0.29) is 0 Å². The molecule has 0 saturated heterocycles. The van der Waals surface area contributed by atoms with Gasteiger partial charge in [0.25, 0.3) is 0 Å². The van der Waals surface area contributed by atoms with Gasteiger partial charge in [0.05, 0.1) is 17.5 Å². The largest absolute Gasteiger partial charge is 0.496 e. The standard InChI is InChI=1S/C16H15N3OS/c1-17-16-18-12-8-4-3-7-11(12)15(19-16)21-14-10-6-5-9-13(14)20-2/h3-10H,1-2H3,(H,17,18,19). The average molecular weight is 297 g/mol. The number of fused-ring (bicyclic) bond motifs is 1. The van der Waals surface area contributed by atoms with Gasteiger partial charge in [0.2, 0.25) is 5.95 Å². The van der Waals surface area contributed by atoms with Gasteiger partial charge in [-0.3, -0.25) is 0 Å². The van der Waals surface area contributed by atoms with Gasteiger partial charge >= 0.3 is 0 Å². The van der Waals surface area contributed by atoms with Crippen molar-refractivity contribution in [2.45, 2.75) is 9.92 Å². The zero-order valence-electron chi connectivity index (χ0n) is 11.8. The molecule has 21 heavy (non-hydrogen) atoms. The first-order chi connectivity index (χ1) is 10.3. The van der Waals surface area contributed by atoms with Gasteiger partial charge in [-0.15, -0.1) is 0 Å². The lowest BCUT2D eigenvalue weighted by atomic mass is 10.2. The Morgan fingerprint density at radius 1 is 1.00 bits per heavy atom. The molecule has 0 spiro atoms. The average Bonchev–Trinajstić information content (AvgIpc) is 2.55. The lowest BCUT2D eigenvalue weighted by Gasteiger charge is -2.10. The fourth-order valence-corrected chi connectivity index (χ4v) is 3.07. The van der Waals surface area contributed by atoms with E-state index in [1.807, 2.05) is 55.6 Å². The summed E-state index contributed by atoms with van der Waals surface area (Å²) in [5.74, 6) is 1.46. The van der Waals surface area contributed by atoms with Gasteiger partial charge in [0, 0.05) is 12.4 Å². The Balaban J connectivity index is 2.11. The number of para-hydroxylation sites is 2. The molecule has 2 aromatic carbocycles. The summed E-state index contributed by atoms with van der Waals surface area (Å²) in [5.41, 5.74) is 0.925. The van der Waals surface area contributed by atoms with Crippen molar-refractivity contribution in [3.63, 3.8) is 0 Å². The fourth-order valence-electron chi connectivity index (χ4n) is 2.04. The van der Waals surface area contributed by atoms with E-state index in [2.05, 4.69) is 15.3 Å². The summed E-state index contributed by atoms with van der Waals surface area (Å²) in [6.07, 6.45) is 0. The quantitative estimate of drug-likeness (QED) is 0.742. The second-order valence-electron chi connectivity index (χ2n) is 4.37. The van der Waals surface area contributed by atoms with E-state index in [4.69, 9.17) is 4.74 Å². The van der Waals surface area contributed by atoms with Crippen molar-refractivity contribution >= 4 is 28.6 Å². The molecule has 0 aliphatic heterocycles. The summed E-state index contributed by atoms with van der Waals surface area (Å²) in [6.45, 7) is 0. The minimum atomic E-state index is 0.617. The van der Waals surface area contributed by atoms with Crippen LogP contribution in [0.5, 0.6) is 5.75 Å². The lowest BCUT2D eigenvalue weighted by molar-refractivity contribution is 0.405. The lowest BCUT2D eigenvalue weighted by Crippen LogP contribution is -1.98. The third-order valence-corrected chi connectivity index (χ3v) is 4.13. The number of benzene rings is 2. The number of aromatic nitrogens is 2. The Kier molecular flexibility index (Phi) is 3.92. The molecule has 0 bridgehead atoms. The van der Waals surface area contributed by atoms with E-state index in [9.17, 15) is 0 Å². The van der Waals surface area contributed by atoms with Crippen molar-refractivity contribution in [3.8, 4) is 5.75 Å². The van der Waals surface area contributed by atoms with Crippen molar-refractivity contribution in [1.82, 2.24) is 9.97 Å². The Morgan fingerprint density at radius 2 is 1.76 bits per heavy atom. The van der Waals surface area contributed by atoms with E-state index < -0.39 is 0 Å². The van der Waals surface area contributed by atoms with Crippen molar-refractivity contribution in [2.24, 2.45) is 0 Å². The topological polar surface area (TPSA) is 47.0 Å². The van der Waals surface area contributed by atoms with Crippen molar-refractivity contribution < 1.29 is 4.74 Å². The molecule has 0 aliphatic carbocycles. The molecule has 0 radical (unpaired) electrons. The van der Waals surface area contributed by atoms with Crippen LogP contribution in [0.3, 0.4) is 0 Å². The van der Waals surface area contributed by atoms with Crippen LogP contribution in [0.25, 0.3) is 10.9 Å². The first-order valence-electron chi connectivity index (χ1n) is 6.57. The Morgan fingerprint density at radius 3 is 2.57 bits per heavy atom. The highest BCUT2D eigenvalue weighted by atomic mass is 32.2. The summed E-state index contributed by atoms with van der Waals surface area (Å²) in [4.78, 5) is 10.1. The van der Waals surface area contributed by atoms with Gasteiger partial charge in [-0.1, -0.05) is 42.1 Å². The summed E-state index contributed by atoms with van der Waals surface area (Å²) >= 11 is 1.58. The zero-order chi connectivity index (χ0) is 14.7. The van der Waals surface area contributed by atoms with Gasteiger partial charge in [0.15, 0.2) is 0 Å². The Bertz CT molecular complexity index is 776. The minimum absolute atomic E-state index is 0.617. The third kappa shape index (κ3) is 2.78. The highest BCUT2D eigenvalue weighted by Gasteiger charge is 2.11. The predicted octanol–water partition coefficient (Wildman–Crippen LogP) is 3.83. The van der Waals surface area contributed by atoms with Crippen LogP contribution in [0.1, 0.15) is 0 Å². The van der Waals surface area contributed by atoms with Crippen molar-refractivity contribution in [3.05, 3.63) is 48.5 Å². The molecule has 0 unspecified atom stereocenters. The molecule has 1 aromatic heterocycles. The predicted molar refractivity (Wildman–Crippen MR) is 86.2 cm³/mol. The molecule has 4 nitrogen and oxygen atoms in total. The van der Waals surface area contributed by atoms with Crippen LogP contribution < -0.4 is 10.1 Å². The summed E-state index contributed by atoms with van der Waals surface area (Å²) in [6, 6.07) is 15.9. The molecule has 3 rings (SSSR count). The number of anilines is 1. The Hall–Kier alpha value is -2.27. The number of nitrogens with zero attached hydrogens (tertiary/aromatic N) is 2. The molecular formula is C16H15N3OS. The van der Waals surface area contributed by atoms with Crippen LogP contribution in [-0.4, -0.2) is 24.1 Å². The monoisotopic (exact) mass is 297 g/mol. The summed E-state index contributed by atoms with van der Waals surface area (Å²) < 4.78 is 5.41. The maximum absolute atomic E-state index is 5.41. The van der Waals surface area contributed by atoms with Crippen LogP contribution in [-0.2, 0) is 0 Å². The SMILES string of the molecule is CNc1nc(Sc2ccccc2OC)c2ccccc2n1. The molecule has 106 valence electrons. The molecule has 0 atom stereocenters. The normalized spacial score (nSPS) is 10.6. The number of hydrogen-bond acceptors (Lipinski definition) is 5. The molecule has 0 amide bonds. The van der Waals surface area contributed by atoms with Crippen molar-refractivity contribution in [1.29, 1.82) is 0 Å². The molecule has 0 fully saturated rings. The van der Waals surface area contributed by atoms with E-state index in [1.165, 1.54) is 0 Å². The molecule has 1 N–H and O–H groups in total. The first kappa shape index (κ1) is 13.7. The number of rotatable bonds is 4. The zero-order valence-corrected chi connectivity index (χ0v) is 12.6. The molecular weight excluding hydrogens is 282 g/mol. The fraction of sp³-hybridized carbons (Fsp3) is 0.125. The number of methoxy groups -OCH3 is 1. The van der Waals surface area contributed by atoms with Crippen LogP contribution in [0.4, 0.5) is 5.95 Å². The van der Waals surface area contributed by atoms with Crippen LogP contribution in [0, 0.1) is 0 Å². The molecule has 5 heteroatoms. The van der Waals surface area contributed by atoms with Crippen LogP contribution >= 0.6 is 11.8 Å². The van der Waals surface area contributed by atoms with Crippen LogP contribution in [0.15, 0.2) is 58.5 Å². The maximum atomic E-state index is 5.41. The van der Waals surface area contributed by atoms with Gasteiger partial charge in [-0.05, 0) is 18.2 Å². The maximum Gasteiger partial charge on any atom is 0.224 e. The van der Waals surface area contributed by atoms with E-state index >= 15 is 0 Å². The highest BCUT2D eigenvalue weighted by molar-refractivity contribution is 7.99. The third-order valence-electron chi connectivity index (χ3n) is 3.07. The van der Waals surface area contributed by atoms with Crippen LogP contribution in [0.2, 0.25) is 0 Å². The van der Waals surface area contributed by atoms with E-state index in [1.54, 1.807) is 18.9 Å². The van der Waals surface area contributed by atoms with E-state index in [0.717, 1.165) is 26.6 Å². The van der Waals surface area contributed by atoms with Gasteiger partial charge in [-0.25, -0.2) is 9.97 Å². The molecule has 0 aliphatic rings. The first-order valence-corrected chi connectivity index (χ1v) is 7.39. The second-order valence-corrected chi connectivity index (χ2v) is 5.40. The molecule has 3 aromatic rings. The van der Waals surface area contributed by atoms with Gasteiger partial charge in [-0.2, -0.15) is 0 Å².